The van der Waals surface area contributed by atoms with E-state index in [-0.39, 0.29) is 18.3 Å². The first-order chi connectivity index (χ1) is 9.54. The summed E-state index contributed by atoms with van der Waals surface area (Å²) in [6, 6.07) is 5.12. The summed E-state index contributed by atoms with van der Waals surface area (Å²) in [4.78, 5) is 22.4. The number of carbonyl (C=O) groups is 2. The van der Waals surface area contributed by atoms with Crippen LogP contribution in [0.15, 0.2) is 24.3 Å². The number of halogens is 2. The third-order valence-corrected chi connectivity index (χ3v) is 3.14. The van der Waals surface area contributed by atoms with E-state index < -0.39 is 0 Å². The second kappa shape index (κ2) is 8.61. The molecule has 20 heavy (non-hydrogen) atoms. The topological polar surface area (TPSA) is 55.4 Å². The van der Waals surface area contributed by atoms with Crippen LogP contribution in [0.25, 0.3) is 6.08 Å². The van der Waals surface area contributed by atoms with Crippen molar-refractivity contribution in [3.8, 4) is 0 Å². The minimum absolute atomic E-state index is 0.272. The summed E-state index contributed by atoms with van der Waals surface area (Å²) in [6.07, 6.45) is 3.71. The van der Waals surface area contributed by atoms with Gasteiger partial charge in [-0.15, -0.1) is 0 Å². The molecule has 0 aliphatic rings. The lowest BCUT2D eigenvalue weighted by atomic mass is 10.2. The van der Waals surface area contributed by atoms with Crippen molar-refractivity contribution in [2.75, 3.05) is 13.7 Å². The van der Waals surface area contributed by atoms with Crippen molar-refractivity contribution in [3.05, 3.63) is 39.9 Å². The number of rotatable bonds is 6. The number of hydrogen-bond acceptors (Lipinski definition) is 3. The fourth-order valence-corrected chi connectivity index (χ4v) is 1.96. The average molecular weight is 316 g/mol. The Morgan fingerprint density at radius 1 is 1.30 bits per heavy atom. The molecule has 0 aliphatic heterocycles. The zero-order chi connectivity index (χ0) is 15.0. The Morgan fingerprint density at radius 3 is 2.55 bits per heavy atom. The van der Waals surface area contributed by atoms with Crippen LogP contribution in [0.4, 0.5) is 0 Å². The smallest absolute Gasteiger partial charge is 0.305 e. The van der Waals surface area contributed by atoms with Crippen LogP contribution in [0.5, 0.6) is 0 Å². The van der Waals surface area contributed by atoms with E-state index in [0.717, 1.165) is 0 Å². The number of benzene rings is 1. The monoisotopic (exact) mass is 315 g/mol. The first kappa shape index (κ1) is 16.5. The molecule has 0 saturated heterocycles. The van der Waals surface area contributed by atoms with Gasteiger partial charge in [0.05, 0.1) is 7.11 Å². The molecule has 0 heterocycles. The summed E-state index contributed by atoms with van der Waals surface area (Å²) < 4.78 is 4.49. The second-order valence-corrected chi connectivity index (χ2v) is 4.75. The van der Waals surface area contributed by atoms with Gasteiger partial charge < -0.3 is 10.1 Å². The van der Waals surface area contributed by atoms with Crippen LogP contribution in [-0.2, 0) is 14.3 Å². The SMILES string of the molecule is COC(=O)CCCNC(=O)/C=C/c1c(Cl)cccc1Cl. The molecule has 108 valence electrons. The Bertz CT molecular complexity index is 495. The molecule has 1 aromatic carbocycles. The molecule has 1 aromatic rings. The summed E-state index contributed by atoms with van der Waals surface area (Å²) in [5.74, 6) is -0.566. The molecule has 0 bridgehead atoms. The molecule has 0 aliphatic carbocycles. The zero-order valence-corrected chi connectivity index (χ0v) is 12.5. The van der Waals surface area contributed by atoms with E-state index in [1.807, 2.05) is 0 Å². The van der Waals surface area contributed by atoms with Gasteiger partial charge in [0.25, 0.3) is 0 Å². The highest BCUT2D eigenvalue weighted by Crippen LogP contribution is 2.25. The third kappa shape index (κ3) is 5.63. The number of nitrogens with one attached hydrogen (secondary N) is 1. The molecule has 0 saturated carbocycles. The molecule has 6 heteroatoms. The van der Waals surface area contributed by atoms with Gasteiger partial charge in [0.2, 0.25) is 5.91 Å². The number of amides is 1. The zero-order valence-electron chi connectivity index (χ0n) is 11.0. The summed E-state index contributed by atoms with van der Waals surface area (Å²) in [5, 5.41) is 3.61. The Kier molecular flexibility index (Phi) is 7.12. The minimum atomic E-state index is -0.294. The Hall–Kier alpha value is -1.52. The summed E-state index contributed by atoms with van der Waals surface area (Å²) >= 11 is 11.9. The van der Waals surface area contributed by atoms with E-state index in [2.05, 4.69) is 10.1 Å². The molecule has 1 amide bonds. The standard InChI is InChI=1S/C14H15Cl2NO3/c1-20-14(19)6-3-9-17-13(18)8-7-10-11(15)4-2-5-12(10)16/h2,4-5,7-8H,3,6,9H2,1H3,(H,17,18)/b8-7+. The molecule has 4 nitrogen and oxygen atoms in total. The van der Waals surface area contributed by atoms with Gasteiger partial charge in [-0.05, 0) is 24.6 Å². The van der Waals surface area contributed by atoms with Gasteiger partial charge in [-0.2, -0.15) is 0 Å². The van der Waals surface area contributed by atoms with Crippen LogP contribution < -0.4 is 5.32 Å². The van der Waals surface area contributed by atoms with Crippen molar-refractivity contribution >= 4 is 41.2 Å². The number of methoxy groups -OCH3 is 1. The number of carbonyl (C=O) groups excluding carboxylic acids is 2. The van der Waals surface area contributed by atoms with Crippen molar-refractivity contribution in [2.45, 2.75) is 12.8 Å². The van der Waals surface area contributed by atoms with Crippen LogP contribution in [0, 0.1) is 0 Å². The molecular formula is C14H15Cl2NO3. The lowest BCUT2D eigenvalue weighted by Gasteiger charge is -2.02. The molecular weight excluding hydrogens is 301 g/mol. The highest BCUT2D eigenvalue weighted by Gasteiger charge is 2.03. The van der Waals surface area contributed by atoms with Gasteiger partial charge in [-0.3, -0.25) is 9.59 Å². The van der Waals surface area contributed by atoms with Crippen molar-refractivity contribution in [2.24, 2.45) is 0 Å². The molecule has 1 rings (SSSR count). The normalized spacial score (nSPS) is 10.6. The maximum absolute atomic E-state index is 11.6. The van der Waals surface area contributed by atoms with E-state index in [1.165, 1.54) is 13.2 Å². The van der Waals surface area contributed by atoms with Gasteiger partial charge in [-0.1, -0.05) is 29.3 Å². The fraction of sp³-hybridized carbons (Fsp3) is 0.286. The van der Waals surface area contributed by atoms with Gasteiger partial charge in [0, 0.05) is 34.7 Å². The predicted octanol–water partition coefficient (Wildman–Crippen LogP) is 3.08. The van der Waals surface area contributed by atoms with Crippen molar-refractivity contribution < 1.29 is 14.3 Å². The van der Waals surface area contributed by atoms with Gasteiger partial charge >= 0.3 is 5.97 Å². The summed E-state index contributed by atoms with van der Waals surface area (Å²) in [5.41, 5.74) is 0.598. The number of ether oxygens (including phenoxy) is 1. The molecule has 0 spiro atoms. The Labute approximate surface area is 127 Å². The number of esters is 1. The van der Waals surface area contributed by atoms with E-state index >= 15 is 0 Å². The van der Waals surface area contributed by atoms with E-state index in [4.69, 9.17) is 23.2 Å². The summed E-state index contributed by atoms with van der Waals surface area (Å²) in [7, 11) is 1.33. The Morgan fingerprint density at radius 2 is 1.95 bits per heavy atom. The summed E-state index contributed by atoms with van der Waals surface area (Å²) in [6.45, 7) is 0.397. The quantitative estimate of drug-likeness (QED) is 0.498. The first-order valence-electron chi connectivity index (χ1n) is 6.01. The molecule has 0 aromatic heterocycles. The van der Waals surface area contributed by atoms with Gasteiger partial charge in [0.1, 0.15) is 0 Å². The van der Waals surface area contributed by atoms with Gasteiger partial charge in [0.15, 0.2) is 0 Å². The largest absolute Gasteiger partial charge is 0.469 e. The van der Waals surface area contributed by atoms with Crippen molar-refractivity contribution in [1.29, 1.82) is 0 Å². The van der Waals surface area contributed by atoms with Crippen LogP contribution in [0.1, 0.15) is 18.4 Å². The van der Waals surface area contributed by atoms with Crippen LogP contribution >= 0.6 is 23.2 Å². The molecule has 0 unspecified atom stereocenters. The molecule has 0 atom stereocenters. The second-order valence-electron chi connectivity index (χ2n) is 3.94. The van der Waals surface area contributed by atoms with Crippen LogP contribution in [0.3, 0.4) is 0 Å². The highest BCUT2D eigenvalue weighted by atomic mass is 35.5. The molecule has 0 fully saturated rings. The Balaban J connectivity index is 2.42. The lowest BCUT2D eigenvalue weighted by molar-refractivity contribution is -0.140. The maximum Gasteiger partial charge on any atom is 0.305 e. The highest BCUT2D eigenvalue weighted by molar-refractivity contribution is 6.37. The van der Waals surface area contributed by atoms with E-state index in [1.54, 1.807) is 24.3 Å². The van der Waals surface area contributed by atoms with Crippen LogP contribution in [-0.4, -0.2) is 25.5 Å². The maximum atomic E-state index is 11.6. The molecule has 1 N–H and O–H groups in total. The van der Waals surface area contributed by atoms with E-state index in [9.17, 15) is 9.59 Å². The van der Waals surface area contributed by atoms with E-state index in [0.29, 0.717) is 28.6 Å². The first-order valence-corrected chi connectivity index (χ1v) is 6.77. The predicted molar refractivity (Wildman–Crippen MR) is 79.8 cm³/mol. The van der Waals surface area contributed by atoms with Gasteiger partial charge in [-0.25, -0.2) is 0 Å². The lowest BCUT2D eigenvalue weighted by Crippen LogP contribution is -2.22. The fourth-order valence-electron chi connectivity index (χ4n) is 1.43. The van der Waals surface area contributed by atoms with Crippen molar-refractivity contribution in [1.82, 2.24) is 5.32 Å². The third-order valence-electron chi connectivity index (χ3n) is 2.49. The molecule has 0 radical (unpaired) electrons. The van der Waals surface area contributed by atoms with Crippen molar-refractivity contribution in [3.63, 3.8) is 0 Å². The minimum Gasteiger partial charge on any atom is -0.469 e. The number of hydrogen-bond donors (Lipinski definition) is 1. The van der Waals surface area contributed by atoms with Crippen LogP contribution in [0.2, 0.25) is 10.0 Å². The average Bonchev–Trinajstić information content (AvgIpc) is 2.42.